The molecule has 9 heteroatoms. The van der Waals surface area contributed by atoms with Crippen LogP contribution in [0.5, 0.6) is 0 Å². The van der Waals surface area contributed by atoms with Crippen LogP contribution < -0.4 is 10.6 Å². The number of amides is 2. The summed E-state index contributed by atoms with van der Waals surface area (Å²) in [7, 11) is 1.33. The zero-order valence-corrected chi connectivity index (χ0v) is 23.0. The van der Waals surface area contributed by atoms with E-state index < -0.39 is 11.2 Å². The van der Waals surface area contributed by atoms with Gasteiger partial charge in [0.25, 0.3) is 5.91 Å². The second-order valence-electron chi connectivity index (χ2n) is 8.17. The van der Waals surface area contributed by atoms with Crippen LogP contribution in [0, 0.1) is 6.92 Å². The minimum absolute atomic E-state index is 0.167. The fourth-order valence-corrected chi connectivity index (χ4v) is 6.22. The van der Waals surface area contributed by atoms with E-state index in [1.807, 2.05) is 79.2 Å². The second-order valence-corrected chi connectivity index (χ2v) is 11.3. The van der Waals surface area contributed by atoms with E-state index in [9.17, 15) is 14.4 Å². The predicted octanol–water partition coefficient (Wildman–Crippen LogP) is 7.33. The van der Waals surface area contributed by atoms with Crippen molar-refractivity contribution in [2.75, 3.05) is 17.7 Å². The number of thioether (sulfide) groups is 1. The molecule has 190 valence electrons. The Morgan fingerprint density at radius 3 is 2.46 bits per heavy atom. The Balaban J connectivity index is 1.50. The van der Waals surface area contributed by atoms with E-state index in [4.69, 9.17) is 4.74 Å². The minimum Gasteiger partial charge on any atom is -0.465 e. The van der Waals surface area contributed by atoms with Gasteiger partial charge in [0.05, 0.1) is 17.2 Å². The SMILES string of the molecule is CCC(Sc1cccc(NC(=O)c2cccs2)c1)C(=O)Nc1scc(-c2ccc(C)cc2)c1C(=O)OC. The monoisotopic (exact) mass is 550 g/mol. The van der Waals surface area contributed by atoms with Crippen LogP contribution in [0.3, 0.4) is 0 Å². The smallest absolute Gasteiger partial charge is 0.341 e. The third-order valence-corrected chi connectivity index (χ3v) is 8.68. The second kappa shape index (κ2) is 12.2. The summed E-state index contributed by atoms with van der Waals surface area (Å²) >= 11 is 4.09. The highest BCUT2D eigenvalue weighted by Crippen LogP contribution is 2.37. The highest BCUT2D eigenvalue weighted by Gasteiger charge is 2.25. The summed E-state index contributed by atoms with van der Waals surface area (Å²) < 4.78 is 5.03. The number of rotatable bonds is 9. The van der Waals surface area contributed by atoms with Crippen LogP contribution in [0.15, 0.2) is 76.3 Å². The van der Waals surface area contributed by atoms with E-state index in [0.717, 1.165) is 21.6 Å². The van der Waals surface area contributed by atoms with E-state index >= 15 is 0 Å². The molecule has 0 aliphatic carbocycles. The molecule has 0 saturated carbocycles. The lowest BCUT2D eigenvalue weighted by molar-refractivity contribution is -0.115. The number of hydrogen-bond donors (Lipinski definition) is 2. The van der Waals surface area contributed by atoms with E-state index in [0.29, 0.717) is 27.5 Å². The summed E-state index contributed by atoms with van der Waals surface area (Å²) in [5.41, 5.74) is 3.73. The van der Waals surface area contributed by atoms with Crippen molar-refractivity contribution in [2.45, 2.75) is 30.4 Å². The Hall–Kier alpha value is -3.40. The Labute approximate surface area is 228 Å². The molecule has 2 aromatic carbocycles. The molecule has 4 aromatic rings. The summed E-state index contributed by atoms with van der Waals surface area (Å²) in [6.45, 7) is 3.94. The molecule has 0 spiro atoms. The van der Waals surface area contributed by atoms with Gasteiger partial charge >= 0.3 is 5.97 Å². The van der Waals surface area contributed by atoms with Crippen LogP contribution in [0.4, 0.5) is 10.7 Å². The van der Waals surface area contributed by atoms with E-state index in [-0.39, 0.29) is 11.8 Å². The zero-order valence-electron chi connectivity index (χ0n) is 20.6. The van der Waals surface area contributed by atoms with Crippen molar-refractivity contribution in [1.29, 1.82) is 0 Å². The van der Waals surface area contributed by atoms with Gasteiger partial charge in [-0.2, -0.15) is 0 Å². The van der Waals surface area contributed by atoms with Crippen molar-refractivity contribution < 1.29 is 19.1 Å². The molecule has 6 nitrogen and oxygen atoms in total. The number of carbonyl (C=O) groups is 3. The lowest BCUT2D eigenvalue weighted by Crippen LogP contribution is -2.25. The molecular formula is C28H26N2O4S3. The van der Waals surface area contributed by atoms with Crippen LogP contribution in [-0.2, 0) is 9.53 Å². The average Bonchev–Trinajstić information content (AvgIpc) is 3.58. The van der Waals surface area contributed by atoms with Gasteiger partial charge in [-0.1, -0.05) is 48.9 Å². The number of thiophene rings is 2. The molecule has 1 unspecified atom stereocenters. The lowest BCUT2D eigenvalue weighted by Gasteiger charge is -2.15. The molecular weight excluding hydrogens is 525 g/mol. The molecule has 1 atom stereocenters. The zero-order chi connectivity index (χ0) is 26.4. The number of carbonyl (C=O) groups excluding carboxylic acids is 3. The van der Waals surface area contributed by atoms with Gasteiger partial charge in [-0.3, -0.25) is 9.59 Å². The van der Waals surface area contributed by atoms with Gasteiger partial charge in [-0.25, -0.2) is 4.79 Å². The largest absolute Gasteiger partial charge is 0.465 e. The molecule has 0 radical (unpaired) electrons. The third kappa shape index (κ3) is 6.49. The van der Waals surface area contributed by atoms with Gasteiger partial charge in [0.1, 0.15) is 10.6 Å². The molecule has 2 amide bonds. The molecule has 37 heavy (non-hydrogen) atoms. The maximum Gasteiger partial charge on any atom is 0.341 e. The van der Waals surface area contributed by atoms with Gasteiger partial charge < -0.3 is 15.4 Å². The normalized spacial score (nSPS) is 11.5. The topological polar surface area (TPSA) is 84.5 Å². The summed E-state index contributed by atoms with van der Waals surface area (Å²) in [6, 6.07) is 18.9. The van der Waals surface area contributed by atoms with Gasteiger partial charge in [0.2, 0.25) is 5.91 Å². The van der Waals surface area contributed by atoms with Crippen molar-refractivity contribution in [2.24, 2.45) is 0 Å². The fraction of sp³-hybridized carbons (Fsp3) is 0.179. The fourth-order valence-electron chi connectivity index (χ4n) is 3.63. The standard InChI is InChI=1S/C28H26N2O4S3/c1-4-22(37-20-8-5-7-19(15-20)29-26(32)23-9-6-14-35-23)25(31)30-27-24(28(33)34-3)21(16-36-27)18-12-10-17(2)11-13-18/h5-16,22H,4H2,1-3H3,(H,29,32)(H,30,31). The van der Waals surface area contributed by atoms with Crippen LogP contribution in [0.2, 0.25) is 0 Å². The van der Waals surface area contributed by atoms with Crippen molar-refractivity contribution in [3.05, 3.63) is 87.4 Å². The van der Waals surface area contributed by atoms with Crippen molar-refractivity contribution in [3.8, 4) is 11.1 Å². The summed E-state index contributed by atoms with van der Waals surface area (Å²) in [5.74, 6) is -0.871. The van der Waals surface area contributed by atoms with E-state index in [1.54, 1.807) is 6.07 Å². The number of nitrogens with one attached hydrogen (secondary N) is 2. The molecule has 0 saturated heterocycles. The summed E-state index contributed by atoms with van der Waals surface area (Å²) in [6.07, 6.45) is 0.575. The third-order valence-electron chi connectivity index (χ3n) is 5.56. The molecule has 2 N–H and O–H groups in total. The molecule has 2 heterocycles. The molecule has 2 aromatic heterocycles. The Bertz CT molecular complexity index is 1400. The summed E-state index contributed by atoms with van der Waals surface area (Å²) in [4.78, 5) is 39.8. The highest BCUT2D eigenvalue weighted by atomic mass is 32.2. The van der Waals surface area contributed by atoms with Crippen molar-refractivity contribution >= 4 is 62.9 Å². The highest BCUT2D eigenvalue weighted by molar-refractivity contribution is 8.00. The van der Waals surface area contributed by atoms with Gasteiger partial charge in [-0.15, -0.1) is 34.4 Å². The Kier molecular flexibility index (Phi) is 8.81. The number of esters is 1. The van der Waals surface area contributed by atoms with Crippen LogP contribution in [0.25, 0.3) is 11.1 Å². The Morgan fingerprint density at radius 1 is 1.00 bits per heavy atom. The predicted molar refractivity (Wildman–Crippen MR) is 153 cm³/mol. The van der Waals surface area contributed by atoms with Gasteiger partial charge in [0, 0.05) is 21.5 Å². The first kappa shape index (κ1) is 26.7. The molecule has 0 aliphatic rings. The van der Waals surface area contributed by atoms with E-state index in [1.165, 1.54) is 41.5 Å². The maximum atomic E-state index is 13.3. The Morgan fingerprint density at radius 2 is 1.78 bits per heavy atom. The minimum atomic E-state index is -0.498. The van der Waals surface area contributed by atoms with E-state index in [2.05, 4.69) is 10.6 Å². The van der Waals surface area contributed by atoms with Crippen LogP contribution >= 0.6 is 34.4 Å². The maximum absolute atomic E-state index is 13.3. The number of anilines is 2. The first-order valence-electron chi connectivity index (χ1n) is 11.6. The first-order chi connectivity index (χ1) is 17.9. The van der Waals surface area contributed by atoms with Crippen molar-refractivity contribution in [3.63, 3.8) is 0 Å². The summed E-state index contributed by atoms with van der Waals surface area (Å²) in [5, 5.41) is 9.63. The quantitative estimate of drug-likeness (QED) is 0.168. The number of ether oxygens (including phenoxy) is 1. The lowest BCUT2D eigenvalue weighted by atomic mass is 10.0. The first-order valence-corrected chi connectivity index (χ1v) is 14.2. The number of hydrogen-bond acceptors (Lipinski definition) is 7. The van der Waals surface area contributed by atoms with Crippen molar-refractivity contribution in [1.82, 2.24) is 0 Å². The number of benzene rings is 2. The average molecular weight is 551 g/mol. The molecule has 4 rings (SSSR count). The van der Waals surface area contributed by atoms with Crippen LogP contribution in [0.1, 0.15) is 38.9 Å². The van der Waals surface area contributed by atoms with Crippen LogP contribution in [-0.4, -0.2) is 30.1 Å². The van der Waals surface area contributed by atoms with Gasteiger partial charge in [0.15, 0.2) is 0 Å². The number of aryl methyl sites for hydroxylation is 1. The molecule has 0 fully saturated rings. The molecule has 0 bridgehead atoms. The number of methoxy groups -OCH3 is 1. The van der Waals surface area contributed by atoms with Gasteiger partial charge in [-0.05, 0) is 48.6 Å². The molecule has 0 aliphatic heterocycles.